The first-order chi connectivity index (χ1) is 10.9. The first kappa shape index (κ1) is 24.5. The van der Waals surface area contributed by atoms with Gasteiger partial charge in [0.2, 0.25) is 0 Å². The molecule has 0 bridgehead atoms. The molecule has 6 heteroatoms. The lowest BCUT2D eigenvalue weighted by Gasteiger charge is -2.39. The minimum Gasteiger partial charge on any atom is -0.415 e. The third-order valence-electron chi connectivity index (χ3n) is 5.12. The summed E-state index contributed by atoms with van der Waals surface area (Å²) in [6.45, 7) is 23.5. The Labute approximate surface area is 155 Å². The normalized spacial score (nSPS) is 16.2. The van der Waals surface area contributed by atoms with Crippen molar-refractivity contribution < 1.29 is 13.3 Å². The maximum absolute atomic E-state index is 6.67. The van der Waals surface area contributed by atoms with E-state index in [1.807, 2.05) is 0 Å². The van der Waals surface area contributed by atoms with Gasteiger partial charge in [-0.1, -0.05) is 34.1 Å². The van der Waals surface area contributed by atoms with Crippen molar-refractivity contribution in [2.45, 2.75) is 110 Å². The zero-order chi connectivity index (χ0) is 19.0. The molecular formula is C18H44O3Si3. The minimum atomic E-state index is -1.65. The van der Waals surface area contributed by atoms with Crippen molar-refractivity contribution in [3.05, 3.63) is 0 Å². The highest BCUT2D eigenvalue weighted by atomic mass is 28.4. The van der Waals surface area contributed by atoms with E-state index < -0.39 is 25.0 Å². The third kappa shape index (κ3) is 9.87. The van der Waals surface area contributed by atoms with Crippen LogP contribution in [0, 0.1) is 0 Å². The van der Waals surface area contributed by atoms with Gasteiger partial charge < -0.3 is 13.3 Å². The van der Waals surface area contributed by atoms with Gasteiger partial charge in [0.05, 0.1) is 18.8 Å². The van der Waals surface area contributed by atoms with Crippen molar-refractivity contribution in [3.63, 3.8) is 0 Å². The summed E-state index contributed by atoms with van der Waals surface area (Å²) in [5, 5.41) is 0. The van der Waals surface area contributed by atoms with Gasteiger partial charge in [0.25, 0.3) is 0 Å². The number of hydrogen-bond donors (Lipinski definition) is 0. The van der Waals surface area contributed by atoms with Gasteiger partial charge in [-0.05, 0) is 63.8 Å². The lowest BCUT2D eigenvalue weighted by molar-refractivity contribution is 0.00592. The molecule has 0 aromatic carbocycles. The molecule has 2 atom stereocenters. The molecule has 0 fully saturated rings. The zero-order valence-electron chi connectivity index (χ0n) is 18.1. The van der Waals surface area contributed by atoms with E-state index in [-0.39, 0.29) is 12.2 Å². The fraction of sp³-hybridized carbons (Fsp3) is 1.00. The number of hydrogen-bond acceptors (Lipinski definition) is 3. The predicted octanol–water partition coefficient (Wildman–Crippen LogP) is 6.25. The third-order valence-corrected chi connectivity index (χ3v) is 13.1. The SMILES string of the molecule is CCC[C@H](O[Si](C)(C)CC)[C@@H](CO[Si](C)(C)CC)O[Si](C)(C)CC. The fourth-order valence-corrected chi connectivity index (χ4v) is 5.50. The maximum atomic E-state index is 6.67. The van der Waals surface area contributed by atoms with Gasteiger partial charge in [-0.15, -0.1) is 0 Å². The van der Waals surface area contributed by atoms with Gasteiger partial charge in [0.15, 0.2) is 25.0 Å². The van der Waals surface area contributed by atoms with Crippen LogP contribution in [0.25, 0.3) is 0 Å². The Hall–Kier alpha value is 0.531. The largest absolute Gasteiger partial charge is 0.415 e. The Balaban J connectivity index is 5.26. The van der Waals surface area contributed by atoms with E-state index in [1.165, 1.54) is 0 Å². The average molecular weight is 393 g/mol. The Bertz CT molecular complexity index is 346. The van der Waals surface area contributed by atoms with Gasteiger partial charge in [-0.3, -0.25) is 0 Å². The maximum Gasteiger partial charge on any atom is 0.187 e. The Morgan fingerprint density at radius 2 is 1.04 bits per heavy atom. The predicted molar refractivity (Wildman–Crippen MR) is 114 cm³/mol. The molecule has 0 heterocycles. The molecule has 0 unspecified atom stereocenters. The van der Waals surface area contributed by atoms with Gasteiger partial charge in [0, 0.05) is 0 Å². The summed E-state index contributed by atoms with van der Waals surface area (Å²) in [6.07, 6.45) is 2.45. The first-order valence-corrected chi connectivity index (χ1v) is 19.3. The summed E-state index contributed by atoms with van der Waals surface area (Å²) < 4.78 is 19.7. The molecule has 0 aliphatic rings. The molecule has 3 nitrogen and oxygen atoms in total. The van der Waals surface area contributed by atoms with Crippen molar-refractivity contribution in [2.75, 3.05) is 6.61 Å². The molecule has 0 rings (SSSR count). The summed E-state index contributed by atoms with van der Waals surface area (Å²) in [6, 6.07) is 3.42. The van der Waals surface area contributed by atoms with Crippen LogP contribution < -0.4 is 0 Å². The second kappa shape index (κ2) is 10.6. The first-order valence-electron chi connectivity index (χ1n) is 9.91. The summed E-state index contributed by atoms with van der Waals surface area (Å²) in [4.78, 5) is 0. The van der Waals surface area contributed by atoms with Crippen LogP contribution in [0.3, 0.4) is 0 Å². The van der Waals surface area contributed by atoms with Crippen molar-refractivity contribution in [1.29, 1.82) is 0 Å². The van der Waals surface area contributed by atoms with Crippen LogP contribution in [0.2, 0.25) is 57.4 Å². The molecule has 0 saturated heterocycles. The van der Waals surface area contributed by atoms with Crippen LogP contribution in [0.5, 0.6) is 0 Å². The van der Waals surface area contributed by atoms with E-state index in [1.54, 1.807) is 0 Å². The molecule has 0 aromatic rings. The molecule has 0 aliphatic carbocycles. The van der Waals surface area contributed by atoms with E-state index in [4.69, 9.17) is 13.3 Å². The highest BCUT2D eigenvalue weighted by molar-refractivity contribution is 6.72. The highest BCUT2D eigenvalue weighted by Gasteiger charge is 2.35. The summed E-state index contributed by atoms with van der Waals surface area (Å²) in [5.41, 5.74) is 0. The standard InChI is InChI=1S/C18H44O3Si3/c1-11-15-17(20-23(7,8)13-3)18(21-24(9,10)14-4)16-19-22(5,6)12-2/h17-18H,11-16H2,1-10H3/t17-,18+/m0/s1. The smallest absolute Gasteiger partial charge is 0.187 e. The lowest BCUT2D eigenvalue weighted by atomic mass is 10.1. The van der Waals surface area contributed by atoms with Crippen molar-refractivity contribution in [3.8, 4) is 0 Å². The Morgan fingerprint density at radius 1 is 0.625 bits per heavy atom. The molecule has 0 aromatic heterocycles. The fourth-order valence-electron chi connectivity index (χ4n) is 2.22. The summed E-state index contributed by atoms with van der Waals surface area (Å²) in [5.74, 6) is 0. The van der Waals surface area contributed by atoms with Crippen LogP contribution in [-0.4, -0.2) is 43.8 Å². The van der Waals surface area contributed by atoms with Gasteiger partial charge in [-0.25, -0.2) is 0 Å². The van der Waals surface area contributed by atoms with E-state index in [0.717, 1.165) is 31.0 Å². The van der Waals surface area contributed by atoms with E-state index in [9.17, 15) is 0 Å². The van der Waals surface area contributed by atoms with Gasteiger partial charge >= 0.3 is 0 Å². The Morgan fingerprint density at radius 3 is 1.42 bits per heavy atom. The molecule has 146 valence electrons. The van der Waals surface area contributed by atoms with Crippen molar-refractivity contribution in [1.82, 2.24) is 0 Å². The van der Waals surface area contributed by atoms with E-state index in [0.29, 0.717) is 6.61 Å². The molecule has 0 radical (unpaired) electrons. The van der Waals surface area contributed by atoms with Gasteiger partial charge in [0.1, 0.15) is 0 Å². The van der Waals surface area contributed by atoms with Crippen LogP contribution >= 0.6 is 0 Å². The minimum absolute atomic E-state index is 0.0863. The molecule has 0 saturated carbocycles. The Kier molecular flexibility index (Phi) is 10.9. The second-order valence-corrected chi connectivity index (χ2v) is 22.2. The molecule has 0 spiro atoms. The van der Waals surface area contributed by atoms with Crippen LogP contribution in [0.15, 0.2) is 0 Å². The monoisotopic (exact) mass is 392 g/mol. The second-order valence-electron chi connectivity index (χ2n) is 8.75. The van der Waals surface area contributed by atoms with Crippen LogP contribution in [0.1, 0.15) is 40.5 Å². The van der Waals surface area contributed by atoms with Crippen LogP contribution in [0.4, 0.5) is 0 Å². The lowest BCUT2D eigenvalue weighted by Crippen LogP contribution is -2.49. The van der Waals surface area contributed by atoms with Crippen molar-refractivity contribution >= 4 is 25.0 Å². The zero-order valence-corrected chi connectivity index (χ0v) is 21.1. The van der Waals surface area contributed by atoms with Crippen LogP contribution in [-0.2, 0) is 13.3 Å². The molecule has 0 aliphatic heterocycles. The van der Waals surface area contributed by atoms with E-state index in [2.05, 4.69) is 67.0 Å². The quantitative estimate of drug-likeness (QED) is 0.347. The topological polar surface area (TPSA) is 27.7 Å². The molecular weight excluding hydrogens is 348 g/mol. The molecule has 0 amide bonds. The van der Waals surface area contributed by atoms with E-state index >= 15 is 0 Å². The average Bonchev–Trinajstić information content (AvgIpc) is 2.51. The van der Waals surface area contributed by atoms with Gasteiger partial charge in [-0.2, -0.15) is 0 Å². The molecule has 0 N–H and O–H groups in total. The number of rotatable bonds is 13. The van der Waals surface area contributed by atoms with Crippen molar-refractivity contribution in [2.24, 2.45) is 0 Å². The highest BCUT2D eigenvalue weighted by Crippen LogP contribution is 2.25. The summed E-state index contributed by atoms with van der Waals surface area (Å²) in [7, 11) is -4.84. The summed E-state index contributed by atoms with van der Waals surface area (Å²) >= 11 is 0. The molecule has 24 heavy (non-hydrogen) atoms.